The first-order valence-electron chi connectivity index (χ1n) is 10.2. The van der Waals surface area contributed by atoms with Crippen molar-refractivity contribution >= 4 is 10.9 Å². The first-order valence-corrected chi connectivity index (χ1v) is 10.2. The number of nitrogens with zero attached hydrogens (tertiary/aromatic N) is 3. The Labute approximate surface area is 191 Å². The van der Waals surface area contributed by atoms with E-state index in [0.29, 0.717) is 28.1 Å². The van der Waals surface area contributed by atoms with Gasteiger partial charge in [-0.15, -0.1) is 10.2 Å². The smallest absolute Gasteiger partial charge is 0.416 e. The normalized spacial score (nSPS) is 11.5. The Morgan fingerprint density at radius 2 is 1.56 bits per heavy atom. The van der Waals surface area contributed by atoms with Crippen molar-refractivity contribution < 1.29 is 22.3 Å². The molecule has 0 spiro atoms. The second-order valence-electron chi connectivity index (χ2n) is 7.49. The largest absolute Gasteiger partial charge is 0.437 e. The third-order valence-corrected chi connectivity index (χ3v) is 5.19. The molecule has 3 aromatic carbocycles. The van der Waals surface area contributed by atoms with Crippen molar-refractivity contribution in [1.29, 1.82) is 0 Å². The number of alkyl halides is 3. The van der Waals surface area contributed by atoms with Gasteiger partial charge in [-0.1, -0.05) is 30.3 Å². The predicted octanol–water partition coefficient (Wildman–Crippen LogP) is 7.31. The van der Waals surface area contributed by atoms with E-state index in [-0.39, 0.29) is 5.88 Å². The van der Waals surface area contributed by atoms with Gasteiger partial charge in [0.25, 0.3) is 0 Å². The van der Waals surface area contributed by atoms with Crippen LogP contribution in [-0.4, -0.2) is 15.2 Å². The Balaban J connectivity index is 1.58. The molecular formula is C26H15F4N3O. The molecule has 0 saturated heterocycles. The van der Waals surface area contributed by atoms with Crippen molar-refractivity contribution in [1.82, 2.24) is 15.2 Å². The van der Waals surface area contributed by atoms with E-state index < -0.39 is 17.6 Å². The zero-order chi connectivity index (χ0) is 23.7. The summed E-state index contributed by atoms with van der Waals surface area (Å²) in [6.07, 6.45) is -2.79. The Kier molecular flexibility index (Phi) is 5.41. The highest BCUT2D eigenvalue weighted by molar-refractivity contribution is 5.82. The molecule has 0 aliphatic rings. The fraction of sp³-hybridized carbons (Fsp3) is 0.0385. The standard InChI is InChI=1S/C26H15F4N3O/c27-20-5-1-3-18(13-20)25-22(16-6-9-19(10-7-16)26(28,29)30)15-24(32-33-25)34-21-11-8-17-4-2-12-31-23(17)14-21/h1-15H. The van der Waals surface area contributed by atoms with Crippen LogP contribution in [0.5, 0.6) is 11.6 Å². The predicted molar refractivity (Wildman–Crippen MR) is 120 cm³/mol. The third kappa shape index (κ3) is 4.43. The second kappa shape index (κ2) is 8.55. The Hall–Kier alpha value is -4.33. The van der Waals surface area contributed by atoms with Gasteiger partial charge in [0.15, 0.2) is 0 Å². The van der Waals surface area contributed by atoms with Gasteiger partial charge < -0.3 is 4.74 Å². The topological polar surface area (TPSA) is 47.9 Å². The van der Waals surface area contributed by atoms with Gasteiger partial charge in [0.2, 0.25) is 5.88 Å². The van der Waals surface area contributed by atoms with Crippen molar-refractivity contribution in [3.63, 3.8) is 0 Å². The summed E-state index contributed by atoms with van der Waals surface area (Å²) < 4.78 is 58.9. The van der Waals surface area contributed by atoms with Crippen LogP contribution < -0.4 is 4.74 Å². The Morgan fingerprint density at radius 1 is 0.735 bits per heavy atom. The van der Waals surface area contributed by atoms with Crippen LogP contribution in [0.2, 0.25) is 0 Å². The van der Waals surface area contributed by atoms with Crippen molar-refractivity contribution in [2.24, 2.45) is 0 Å². The molecule has 0 bridgehead atoms. The van der Waals surface area contributed by atoms with Crippen LogP contribution in [0.4, 0.5) is 17.6 Å². The number of hydrogen-bond acceptors (Lipinski definition) is 4. The fourth-order valence-electron chi connectivity index (χ4n) is 3.56. The highest BCUT2D eigenvalue weighted by Gasteiger charge is 2.30. The first kappa shape index (κ1) is 21.5. The van der Waals surface area contributed by atoms with Gasteiger partial charge in [-0.05, 0) is 48.0 Å². The monoisotopic (exact) mass is 461 g/mol. The highest BCUT2D eigenvalue weighted by Crippen LogP contribution is 2.36. The molecule has 0 amide bonds. The van der Waals surface area contributed by atoms with Gasteiger partial charge in [0.1, 0.15) is 17.3 Å². The lowest BCUT2D eigenvalue weighted by atomic mass is 9.99. The molecule has 0 aliphatic heterocycles. The number of ether oxygens (including phenoxy) is 1. The molecule has 34 heavy (non-hydrogen) atoms. The molecule has 0 saturated carbocycles. The van der Waals surface area contributed by atoms with Crippen LogP contribution in [0.15, 0.2) is 91.1 Å². The average molecular weight is 461 g/mol. The lowest BCUT2D eigenvalue weighted by Crippen LogP contribution is -2.04. The van der Waals surface area contributed by atoms with Crippen LogP contribution in [0.25, 0.3) is 33.3 Å². The van der Waals surface area contributed by atoms with Crippen LogP contribution >= 0.6 is 0 Å². The fourth-order valence-corrected chi connectivity index (χ4v) is 3.56. The van der Waals surface area contributed by atoms with E-state index in [4.69, 9.17) is 4.74 Å². The van der Waals surface area contributed by atoms with Gasteiger partial charge in [0.05, 0.1) is 11.1 Å². The van der Waals surface area contributed by atoms with Crippen molar-refractivity contribution in [3.8, 4) is 34.0 Å². The maximum atomic E-state index is 13.9. The molecule has 8 heteroatoms. The SMILES string of the molecule is Fc1cccc(-c2nnc(Oc3ccc4cccnc4c3)cc2-c2ccc(C(F)(F)F)cc2)c1. The number of aromatic nitrogens is 3. The van der Waals surface area contributed by atoms with Crippen LogP contribution in [-0.2, 0) is 6.18 Å². The van der Waals surface area contributed by atoms with E-state index in [0.717, 1.165) is 23.0 Å². The minimum atomic E-state index is -4.46. The van der Waals surface area contributed by atoms with Crippen molar-refractivity contribution in [3.05, 3.63) is 103 Å². The van der Waals surface area contributed by atoms with E-state index >= 15 is 0 Å². The molecular weight excluding hydrogens is 446 g/mol. The molecule has 0 aliphatic carbocycles. The van der Waals surface area contributed by atoms with Crippen molar-refractivity contribution in [2.45, 2.75) is 6.18 Å². The van der Waals surface area contributed by atoms with Gasteiger partial charge in [-0.25, -0.2) is 4.39 Å². The lowest BCUT2D eigenvalue weighted by Gasteiger charge is -2.13. The minimum Gasteiger partial charge on any atom is -0.437 e. The number of rotatable bonds is 4. The maximum absolute atomic E-state index is 13.9. The quantitative estimate of drug-likeness (QED) is 0.263. The summed E-state index contributed by atoms with van der Waals surface area (Å²) in [6.45, 7) is 0. The van der Waals surface area contributed by atoms with E-state index in [2.05, 4.69) is 15.2 Å². The van der Waals surface area contributed by atoms with Crippen molar-refractivity contribution in [2.75, 3.05) is 0 Å². The summed E-state index contributed by atoms with van der Waals surface area (Å²) in [5.74, 6) is 0.129. The molecule has 0 fully saturated rings. The number of pyridine rings is 1. The molecule has 168 valence electrons. The third-order valence-electron chi connectivity index (χ3n) is 5.19. The van der Waals surface area contributed by atoms with Gasteiger partial charge in [-0.2, -0.15) is 13.2 Å². The van der Waals surface area contributed by atoms with Crippen LogP contribution in [0, 0.1) is 5.82 Å². The summed E-state index contributed by atoms with van der Waals surface area (Å²) in [7, 11) is 0. The number of fused-ring (bicyclic) bond motifs is 1. The number of hydrogen-bond donors (Lipinski definition) is 0. The van der Waals surface area contributed by atoms with Gasteiger partial charge in [0, 0.05) is 34.8 Å². The lowest BCUT2D eigenvalue weighted by molar-refractivity contribution is -0.137. The summed E-state index contributed by atoms with van der Waals surface area (Å²) in [5.41, 5.74) is 1.60. The van der Waals surface area contributed by atoms with Gasteiger partial charge >= 0.3 is 6.18 Å². The summed E-state index contributed by atoms with van der Waals surface area (Å²) >= 11 is 0. The average Bonchev–Trinajstić information content (AvgIpc) is 2.83. The molecule has 2 heterocycles. The molecule has 0 radical (unpaired) electrons. The molecule has 5 aromatic rings. The first-order chi connectivity index (χ1) is 16.4. The van der Waals surface area contributed by atoms with E-state index in [1.807, 2.05) is 18.2 Å². The maximum Gasteiger partial charge on any atom is 0.416 e. The molecule has 5 rings (SSSR count). The zero-order valence-corrected chi connectivity index (χ0v) is 17.4. The second-order valence-corrected chi connectivity index (χ2v) is 7.49. The number of halogens is 4. The number of benzene rings is 3. The minimum absolute atomic E-state index is 0.130. The van der Waals surface area contributed by atoms with E-state index in [1.54, 1.807) is 30.5 Å². The van der Waals surface area contributed by atoms with Crippen LogP contribution in [0.3, 0.4) is 0 Å². The highest BCUT2D eigenvalue weighted by atomic mass is 19.4. The Morgan fingerprint density at radius 3 is 2.32 bits per heavy atom. The summed E-state index contributed by atoms with van der Waals surface area (Å²) in [5, 5.41) is 9.26. The van der Waals surface area contributed by atoms with Gasteiger partial charge in [-0.3, -0.25) is 4.98 Å². The molecule has 0 N–H and O–H groups in total. The summed E-state index contributed by atoms with van der Waals surface area (Å²) in [6, 6.07) is 21.1. The van der Waals surface area contributed by atoms with Crippen LogP contribution in [0.1, 0.15) is 5.56 Å². The summed E-state index contributed by atoms with van der Waals surface area (Å²) in [4.78, 5) is 4.30. The molecule has 4 nitrogen and oxygen atoms in total. The molecule has 0 atom stereocenters. The van der Waals surface area contributed by atoms with E-state index in [9.17, 15) is 17.6 Å². The Bertz CT molecular complexity index is 1480. The molecule has 2 aromatic heterocycles. The van der Waals surface area contributed by atoms with E-state index in [1.165, 1.54) is 30.3 Å². The molecule has 0 unspecified atom stereocenters. The zero-order valence-electron chi connectivity index (χ0n) is 17.4.